The van der Waals surface area contributed by atoms with Crippen molar-refractivity contribution < 1.29 is 13.2 Å². The van der Waals surface area contributed by atoms with E-state index in [1.807, 2.05) is 0 Å². The normalized spacial score (nSPS) is 16.1. The van der Waals surface area contributed by atoms with Crippen LogP contribution in [0.3, 0.4) is 0 Å². The van der Waals surface area contributed by atoms with Crippen LogP contribution in [0, 0.1) is 5.92 Å². The third-order valence-electron chi connectivity index (χ3n) is 5.18. The Morgan fingerprint density at radius 1 is 1.17 bits per heavy atom. The van der Waals surface area contributed by atoms with Gasteiger partial charge in [0, 0.05) is 25.1 Å². The first-order valence-corrected chi connectivity index (χ1v) is 12.4. The van der Waals surface area contributed by atoms with Crippen molar-refractivity contribution >= 4 is 32.4 Å². The summed E-state index contributed by atoms with van der Waals surface area (Å²) in [5.41, 5.74) is 0.388. The second kappa shape index (κ2) is 9.77. The number of hydrogen-bond donors (Lipinski definition) is 1. The van der Waals surface area contributed by atoms with Gasteiger partial charge >= 0.3 is 0 Å². The monoisotopic (exact) mass is 436 g/mol. The molecule has 1 fully saturated rings. The molecule has 0 unspecified atom stereocenters. The summed E-state index contributed by atoms with van der Waals surface area (Å²) in [6, 6.07) is 6.08. The summed E-state index contributed by atoms with van der Waals surface area (Å²) in [5, 5.41) is 12.2. The highest BCUT2D eigenvalue weighted by atomic mass is 32.2. The number of hydrogen-bond acceptors (Lipinski definition) is 6. The summed E-state index contributed by atoms with van der Waals surface area (Å²) in [4.78, 5) is 12.7. The number of anilines is 1. The molecule has 0 atom stereocenters. The number of rotatable bonds is 8. The van der Waals surface area contributed by atoms with Gasteiger partial charge in [0.05, 0.1) is 4.90 Å². The van der Waals surface area contributed by atoms with Crippen molar-refractivity contribution in [1.82, 2.24) is 14.5 Å². The van der Waals surface area contributed by atoms with Crippen molar-refractivity contribution in [3.8, 4) is 0 Å². The van der Waals surface area contributed by atoms with Gasteiger partial charge in [0.15, 0.2) is 0 Å². The molecule has 1 aromatic heterocycles. The molecule has 7 nitrogen and oxygen atoms in total. The Balaban J connectivity index is 1.61. The fraction of sp³-hybridized carbons (Fsp3) is 0.550. The minimum atomic E-state index is -3.51. The first-order valence-electron chi connectivity index (χ1n) is 10.1. The summed E-state index contributed by atoms with van der Waals surface area (Å²) in [5.74, 6) is 0.233. The van der Waals surface area contributed by atoms with Crippen molar-refractivity contribution in [3.63, 3.8) is 0 Å². The summed E-state index contributed by atoms with van der Waals surface area (Å²) in [6.07, 6.45) is 5.97. The molecule has 0 aliphatic carbocycles. The van der Waals surface area contributed by atoms with E-state index in [1.165, 1.54) is 39.9 Å². The van der Waals surface area contributed by atoms with Crippen LogP contribution in [0.25, 0.3) is 0 Å². The molecule has 1 N–H and O–H groups in total. The predicted octanol–water partition coefficient (Wildman–Crippen LogP) is 3.94. The van der Waals surface area contributed by atoms with E-state index in [9.17, 15) is 13.2 Å². The van der Waals surface area contributed by atoms with E-state index in [-0.39, 0.29) is 10.8 Å². The molecule has 3 rings (SSSR count). The maximum atomic E-state index is 12.8. The molecule has 0 saturated carbocycles. The van der Waals surface area contributed by atoms with E-state index in [4.69, 9.17) is 0 Å². The van der Waals surface area contributed by atoms with E-state index in [1.54, 1.807) is 0 Å². The van der Waals surface area contributed by atoms with Gasteiger partial charge < -0.3 is 0 Å². The highest BCUT2D eigenvalue weighted by molar-refractivity contribution is 7.89. The van der Waals surface area contributed by atoms with E-state index in [0.29, 0.717) is 29.7 Å². The lowest BCUT2D eigenvalue weighted by atomic mass is 10.0. The summed E-state index contributed by atoms with van der Waals surface area (Å²) in [6.45, 7) is 5.38. The van der Waals surface area contributed by atoms with Crippen molar-refractivity contribution in [2.45, 2.75) is 57.3 Å². The fourth-order valence-corrected chi connectivity index (χ4v) is 5.50. The van der Waals surface area contributed by atoms with Gasteiger partial charge in [-0.3, -0.25) is 10.1 Å². The van der Waals surface area contributed by atoms with Crippen molar-refractivity contribution in [3.05, 3.63) is 34.8 Å². The predicted molar refractivity (Wildman–Crippen MR) is 115 cm³/mol. The lowest BCUT2D eigenvalue weighted by Crippen LogP contribution is -2.37. The number of aryl methyl sites for hydroxylation is 1. The molecule has 2 heterocycles. The number of sulfonamides is 1. The van der Waals surface area contributed by atoms with E-state index < -0.39 is 10.0 Å². The molecule has 9 heteroatoms. The van der Waals surface area contributed by atoms with Gasteiger partial charge in [-0.25, -0.2) is 8.42 Å². The third kappa shape index (κ3) is 5.61. The summed E-state index contributed by atoms with van der Waals surface area (Å²) >= 11 is 1.38. The smallest absolute Gasteiger partial charge is 0.257 e. The standard InChI is InChI=1S/C20H28N4O3S2/c1-3-4-5-6-18-22-23-20(28-18)21-19(25)16-7-9-17(10-8-16)29(26,27)24-13-11-15(2)12-14-24/h7-10,15H,3-6,11-14H2,1-2H3,(H,21,23,25). The van der Waals surface area contributed by atoms with Crippen LogP contribution in [0.2, 0.25) is 0 Å². The topological polar surface area (TPSA) is 92.3 Å². The van der Waals surface area contributed by atoms with Crippen LogP contribution in [0.5, 0.6) is 0 Å². The number of carbonyl (C=O) groups is 1. The summed E-state index contributed by atoms with van der Waals surface area (Å²) in [7, 11) is -3.51. The van der Waals surface area contributed by atoms with Crippen LogP contribution in [-0.2, 0) is 16.4 Å². The number of carbonyl (C=O) groups excluding carboxylic acids is 1. The molecule has 0 bridgehead atoms. The highest BCUT2D eigenvalue weighted by Crippen LogP contribution is 2.24. The van der Waals surface area contributed by atoms with E-state index in [0.717, 1.165) is 43.5 Å². The van der Waals surface area contributed by atoms with Crippen molar-refractivity contribution in [2.75, 3.05) is 18.4 Å². The Labute approximate surface area is 176 Å². The minimum Gasteiger partial charge on any atom is -0.296 e. The molecule has 1 aliphatic heterocycles. The maximum Gasteiger partial charge on any atom is 0.257 e. The molecule has 2 aromatic rings. The van der Waals surface area contributed by atoms with E-state index in [2.05, 4.69) is 29.4 Å². The molecule has 1 aromatic carbocycles. The van der Waals surface area contributed by atoms with Crippen LogP contribution in [-0.4, -0.2) is 41.9 Å². The number of aromatic nitrogens is 2. The Bertz CT molecular complexity index is 917. The SMILES string of the molecule is CCCCCc1nnc(NC(=O)c2ccc(S(=O)(=O)N3CCC(C)CC3)cc2)s1. The lowest BCUT2D eigenvalue weighted by molar-refractivity contribution is 0.102. The van der Waals surface area contributed by atoms with Gasteiger partial charge in [0.1, 0.15) is 5.01 Å². The third-order valence-corrected chi connectivity index (χ3v) is 7.99. The van der Waals surface area contributed by atoms with Gasteiger partial charge in [-0.05, 0) is 49.4 Å². The molecule has 1 aliphatic rings. The number of nitrogens with one attached hydrogen (secondary N) is 1. The number of benzene rings is 1. The highest BCUT2D eigenvalue weighted by Gasteiger charge is 2.28. The first-order chi connectivity index (χ1) is 13.9. The Hall–Kier alpha value is -1.84. The Morgan fingerprint density at radius 3 is 2.52 bits per heavy atom. The van der Waals surface area contributed by atoms with Crippen LogP contribution in [0.1, 0.15) is 61.3 Å². The molecule has 29 heavy (non-hydrogen) atoms. The van der Waals surface area contributed by atoms with Gasteiger partial charge in [-0.15, -0.1) is 10.2 Å². The van der Waals surface area contributed by atoms with Crippen LogP contribution in [0.15, 0.2) is 29.2 Å². The molecule has 1 amide bonds. The zero-order valence-corrected chi connectivity index (χ0v) is 18.6. The average Bonchev–Trinajstić information content (AvgIpc) is 3.16. The summed E-state index contributed by atoms with van der Waals surface area (Å²) < 4.78 is 27.1. The van der Waals surface area contributed by atoms with Gasteiger partial charge in [0.2, 0.25) is 15.2 Å². The van der Waals surface area contributed by atoms with Crippen LogP contribution < -0.4 is 5.32 Å². The van der Waals surface area contributed by atoms with Crippen LogP contribution >= 0.6 is 11.3 Å². The molecular weight excluding hydrogens is 408 g/mol. The fourth-order valence-electron chi connectivity index (χ4n) is 3.25. The Kier molecular flexibility index (Phi) is 7.37. The number of piperidine rings is 1. The number of nitrogens with zero attached hydrogens (tertiary/aromatic N) is 3. The number of amides is 1. The number of unbranched alkanes of at least 4 members (excludes halogenated alkanes) is 2. The molecule has 0 spiro atoms. The zero-order valence-electron chi connectivity index (χ0n) is 16.9. The lowest BCUT2D eigenvalue weighted by Gasteiger charge is -2.29. The van der Waals surface area contributed by atoms with Crippen LogP contribution in [0.4, 0.5) is 5.13 Å². The molecular formula is C20H28N4O3S2. The van der Waals surface area contributed by atoms with Gasteiger partial charge in [-0.1, -0.05) is 38.0 Å². The largest absolute Gasteiger partial charge is 0.296 e. The van der Waals surface area contributed by atoms with E-state index >= 15 is 0 Å². The molecule has 0 radical (unpaired) electrons. The van der Waals surface area contributed by atoms with Gasteiger partial charge in [-0.2, -0.15) is 4.31 Å². The maximum absolute atomic E-state index is 12.8. The second-order valence-corrected chi connectivity index (χ2v) is 10.5. The average molecular weight is 437 g/mol. The zero-order chi connectivity index (χ0) is 20.9. The minimum absolute atomic E-state index is 0.220. The van der Waals surface area contributed by atoms with Crippen molar-refractivity contribution in [2.24, 2.45) is 5.92 Å². The van der Waals surface area contributed by atoms with Crippen molar-refractivity contribution in [1.29, 1.82) is 0 Å². The van der Waals surface area contributed by atoms with Gasteiger partial charge in [0.25, 0.3) is 5.91 Å². The quantitative estimate of drug-likeness (QED) is 0.633. The second-order valence-electron chi connectivity index (χ2n) is 7.52. The Morgan fingerprint density at radius 2 is 1.86 bits per heavy atom. The molecule has 1 saturated heterocycles. The first kappa shape index (κ1) is 21.9. The molecule has 158 valence electrons.